The molecule has 0 radical (unpaired) electrons. The van der Waals surface area contributed by atoms with Crippen LogP contribution in [0.5, 0.6) is 0 Å². The van der Waals surface area contributed by atoms with Crippen LogP contribution in [0.4, 0.5) is 10.5 Å². The van der Waals surface area contributed by atoms with Crippen molar-refractivity contribution in [2.75, 3.05) is 32.1 Å². The van der Waals surface area contributed by atoms with E-state index in [9.17, 15) is 9.59 Å². The van der Waals surface area contributed by atoms with Gasteiger partial charge < -0.3 is 10.6 Å². The van der Waals surface area contributed by atoms with Gasteiger partial charge in [-0.15, -0.1) is 0 Å². The lowest BCUT2D eigenvalue weighted by molar-refractivity contribution is 0.0172. The zero-order chi connectivity index (χ0) is 23.9. The van der Waals surface area contributed by atoms with E-state index in [0.717, 1.165) is 32.2 Å². The number of amides is 3. The van der Waals surface area contributed by atoms with E-state index in [-0.39, 0.29) is 22.9 Å². The summed E-state index contributed by atoms with van der Waals surface area (Å²) in [6.07, 6.45) is 10.6. The number of hydrogen-bond donors (Lipinski definition) is 1. The van der Waals surface area contributed by atoms with E-state index in [0.29, 0.717) is 18.2 Å². The molecular weight excluding hydrogens is 428 g/mol. The first-order valence-electron chi connectivity index (χ1n) is 12.3. The molecule has 180 valence electrons. The van der Waals surface area contributed by atoms with Crippen LogP contribution in [-0.4, -0.2) is 64.4 Å². The number of carbonyl (C=O) groups excluding carboxylic acids is 2. The molecular formula is C26H34N6O2. The lowest BCUT2D eigenvalue weighted by Gasteiger charge is -2.51. The predicted molar refractivity (Wildman–Crippen MR) is 130 cm³/mol. The normalized spacial score (nSPS) is 27.4. The van der Waals surface area contributed by atoms with Gasteiger partial charge in [0.25, 0.3) is 5.91 Å². The van der Waals surface area contributed by atoms with E-state index >= 15 is 0 Å². The average molecular weight is 463 g/mol. The van der Waals surface area contributed by atoms with Crippen molar-refractivity contribution in [3.05, 3.63) is 54.1 Å². The predicted octanol–water partition coefficient (Wildman–Crippen LogP) is 3.39. The van der Waals surface area contributed by atoms with Crippen molar-refractivity contribution in [1.82, 2.24) is 19.8 Å². The molecule has 2 heterocycles. The Morgan fingerprint density at radius 1 is 1.09 bits per heavy atom. The van der Waals surface area contributed by atoms with E-state index in [1.165, 1.54) is 24.8 Å². The molecule has 3 aliphatic rings. The maximum absolute atomic E-state index is 13.7. The lowest BCUT2D eigenvalue weighted by atomic mass is 9.68. The Labute approximate surface area is 201 Å². The molecule has 2 N–H and O–H groups in total. The van der Waals surface area contributed by atoms with Crippen molar-refractivity contribution in [3.63, 3.8) is 0 Å². The number of carbonyl (C=O) groups is 2. The molecule has 2 saturated carbocycles. The largest absolute Gasteiger partial charge is 0.363 e. The summed E-state index contributed by atoms with van der Waals surface area (Å²) in [4.78, 5) is 39.6. The van der Waals surface area contributed by atoms with Gasteiger partial charge in [-0.05, 0) is 64.1 Å². The van der Waals surface area contributed by atoms with Gasteiger partial charge in [0, 0.05) is 12.1 Å². The van der Waals surface area contributed by atoms with Crippen LogP contribution in [-0.2, 0) is 5.54 Å². The Balaban J connectivity index is 1.44. The van der Waals surface area contributed by atoms with Crippen molar-refractivity contribution >= 4 is 17.6 Å². The van der Waals surface area contributed by atoms with E-state index < -0.39 is 5.91 Å². The first kappa shape index (κ1) is 22.8. The highest BCUT2D eigenvalue weighted by Crippen LogP contribution is 2.50. The monoisotopic (exact) mass is 462 g/mol. The Morgan fingerprint density at radius 3 is 2.26 bits per heavy atom. The standard InChI is InChI=1S/C26H34N6O2/c1-30(2)26(20-9-4-3-5-10-20)13-11-25(12-14-26)18-31(21-15-28-23(22(27)33)29-16-21)24(34)32(25)17-19-7-6-8-19/h3-5,9-10,15-16,19H,6-8,11-14,17-18H2,1-2H3,(H2,27,33). The number of aromatic nitrogens is 2. The fourth-order valence-corrected chi connectivity index (χ4v) is 6.09. The van der Waals surface area contributed by atoms with Crippen molar-refractivity contribution in [2.45, 2.75) is 56.0 Å². The second-order valence-corrected chi connectivity index (χ2v) is 10.4. The van der Waals surface area contributed by atoms with Gasteiger partial charge in [-0.25, -0.2) is 14.8 Å². The molecule has 2 aliphatic carbocycles. The van der Waals surface area contributed by atoms with Crippen molar-refractivity contribution in [3.8, 4) is 0 Å². The third kappa shape index (κ3) is 3.74. The number of anilines is 1. The van der Waals surface area contributed by atoms with Gasteiger partial charge >= 0.3 is 6.03 Å². The summed E-state index contributed by atoms with van der Waals surface area (Å²) in [5.74, 6) is -0.118. The van der Waals surface area contributed by atoms with Crippen molar-refractivity contribution in [1.29, 1.82) is 0 Å². The summed E-state index contributed by atoms with van der Waals surface area (Å²) in [5, 5.41) is 0. The van der Waals surface area contributed by atoms with E-state index in [2.05, 4.69) is 64.2 Å². The molecule has 34 heavy (non-hydrogen) atoms. The van der Waals surface area contributed by atoms with Crippen molar-refractivity contribution < 1.29 is 9.59 Å². The average Bonchev–Trinajstić information content (AvgIpc) is 3.08. The van der Waals surface area contributed by atoms with E-state index in [4.69, 9.17) is 5.73 Å². The smallest absolute Gasteiger partial charge is 0.325 e. The zero-order valence-corrected chi connectivity index (χ0v) is 20.1. The van der Waals surface area contributed by atoms with Gasteiger partial charge in [-0.1, -0.05) is 36.8 Å². The number of primary amides is 1. The zero-order valence-electron chi connectivity index (χ0n) is 20.1. The molecule has 5 rings (SSSR count). The maximum atomic E-state index is 13.7. The number of nitrogens with zero attached hydrogens (tertiary/aromatic N) is 5. The summed E-state index contributed by atoms with van der Waals surface area (Å²) in [6, 6.07) is 10.8. The lowest BCUT2D eigenvalue weighted by Crippen LogP contribution is -2.56. The summed E-state index contributed by atoms with van der Waals surface area (Å²) >= 11 is 0. The molecule has 1 aliphatic heterocycles. The van der Waals surface area contributed by atoms with Crippen LogP contribution < -0.4 is 10.6 Å². The number of hydrogen-bond acceptors (Lipinski definition) is 5. The Bertz CT molecular complexity index is 1040. The molecule has 2 aromatic rings. The van der Waals surface area contributed by atoms with Crippen LogP contribution in [0.2, 0.25) is 0 Å². The fourth-order valence-electron chi connectivity index (χ4n) is 6.09. The number of urea groups is 1. The van der Waals surface area contributed by atoms with Gasteiger partial charge in [0.2, 0.25) is 5.82 Å². The van der Waals surface area contributed by atoms with Crippen LogP contribution in [0.15, 0.2) is 42.7 Å². The molecule has 1 aromatic carbocycles. The summed E-state index contributed by atoms with van der Waals surface area (Å²) < 4.78 is 0. The van der Waals surface area contributed by atoms with Gasteiger partial charge in [0.1, 0.15) is 0 Å². The summed E-state index contributed by atoms with van der Waals surface area (Å²) in [7, 11) is 4.34. The first-order chi connectivity index (χ1) is 16.3. The minimum Gasteiger partial charge on any atom is -0.363 e. The maximum Gasteiger partial charge on any atom is 0.325 e. The summed E-state index contributed by atoms with van der Waals surface area (Å²) in [5.41, 5.74) is 7.03. The number of benzene rings is 1. The third-order valence-electron chi connectivity index (χ3n) is 8.50. The van der Waals surface area contributed by atoms with Gasteiger partial charge in [0.15, 0.2) is 0 Å². The minimum absolute atomic E-state index is 0.0272. The molecule has 3 amide bonds. The molecule has 0 atom stereocenters. The molecule has 8 nitrogen and oxygen atoms in total. The Morgan fingerprint density at radius 2 is 1.74 bits per heavy atom. The Hall–Kier alpha value is -3.00. The second-order valence-electron chi connectivity index (χ2n) is 10.4. The van der Waals surface area contributed by atoms with Crippen LogP contribution in [0.1, 0.15) is 61.1 Å². The molecule has 1 spiro atoms. The number of rotatable bonds is 6. The third-order valence-corrected chi connectivity index (χ3v) is 8.50. The van der Waals surface area contributed by atoms with E-state index in [1.807, 2.05) is 0 Å². The van der Waals surface area contributed by atoms with Crippen LogP contribution in [0, 0.1) is 5.92 Å². The SMILES string of the molecule is CN(C)C1(c2ccccc2)CCC2(CC1)CN(c1cnc(C(N)=O)nc1)C(=O)N2CC1CCC1. The van der Waals surface area contributed by atoms with Crippen LogP contribution >= 0.6 is 0 Å². The Kier molecular flexibility index (Phi) is 5.80. The molecule has 0 bridgehead atoms. The summed E-state index contributed by atoms with van der Waals surface area (Å²) in [6.45, 7) is 1.44. The van der Waals surface area contributed by atoms with Gasteiger partial charge in [-0.3, -0.25) is 14.6 Å². The second kappa shape index (κ2) is 8.65. The molecule has 8 heteroatoms. The quantitative estimate of drug-likeness (QED) is 0.710. The highest BCUT2D eigenvalue weighted by atomic mass is 16.2. The molecule has 3 fully saturated rings. The molecule has 1 saturated heterocycles. The minimum atomic E-state index is -0.671. The molecule has 1 aromatic heterocycles. The molecule has 0 unspecified atom stereocenters. The first-order valence-corrected chi connectivity index (χ1v) is 12.3. The highest BCUT2D eigenvalue weighted by molar-refractivity contribution is 5.95. The van der Waals surface area contributed by atoms with Crippen LogP contribution in [0.3, 0.4) is 0 Å². The highest BCUT2D eigenvalue weighted by Gasteiger charge is 2.55. The van der Waals surface area contributed by atoms with Crippen LogP contribution in [0.25, 0.3) is 0 Å². The fraction of sp³-hybridized carbons (Fsp3) is 0.538. The van der Waals surface area contributed by atoms with E-state index in [1.54, 1.807) is 17.3 Å². The van der Waals surface area contributed by atoms with Crippen molar-refractivity contribution in [2.24, 2.45) is 11.7 Å². The van der Waals surface area contributed by atoms with Gasteiger partial charge in [0.05, 0.1) is 30.2 Å². The topological polar surface area (TPSA) is 95.7 Å². The van der Waals surface area contributed by atoms with Gasteiger partial charge in [-0.2, -0.15) is 0 Å². The number of nitrogens with two attached hydrogens (primary N) is 1.